The molecular formula is C10H15N3O4S. The zero-order valence-electron chi connectivity index (χ0n) is 9.63. The number of hydrogen-bond donors (Lipinski definition) is 3. The van der Waals surface area contributed by atoms with E-state index in [2.05, 4.69) is 9.50 Å². The van der Waals surface area contributed by atoms with Gasteiger partial charge in [-0.1, -0.05) is 0 Å². The molecule has 1 aromatic carbocycles. The van der Waals surface area contributed by atoms with Crippen LogP contribution in [0.15, 0.2) is 24.3 Å². The van der Waals surface area contributed by atoms with Crippen molar-refractivity contribution >= 4 is 27.4 Å². The summed E-state index contributed by atoms with van der Waals surface area (Å²) in [5.41, 5.74) is 11.7. The SMILES string of the molecule is NC(=O)COS(=O)(=O)CCNc1ccc(N)cc1. The maximum Gasteiger partial charge on any atom is 0.269 e. The maximum absolute atomic E-state index is 11.3. The van der Waals surface area contributed by atoms with E-state index in [4.69, 9.17) is 11.5 Å². The van der Waals surface area contributed by atoms with Crippen LogP contribution in [0.4, 0.5) is 11.4 Å². The van der Waals surface area contributed by atoms with Gasteiger partial charge in [0.25, 0.3) is 10.1 Å². The van der Waals surface area contributed by atoms with E-state index in [-0.39, 0.29) is 12.3 Å². The second kappa shape index (κ2) is 6.22. The topological polar surface area (TPSA) is 125 Å². The van der Waals surface area contributed by atoms with Gasteiger partial charge in [0, 0.05) is 17.9 Å². The van der Waals surface area contributed by atoms with E-state index in [1.54, 1.807) is 24.3 Å². The van der Waals surface area contributed by atoms with Crippen LogP contribution in [0, 0.1) is 0 Å². The van der Waals surface area contributed by atoms with Gasteiger partial charge in [0.15, 0.2) is 0 Å². The number of nitrogens with two attached hydrogens (primary N) is 2. The molecule has 0 aliphatic rings. The average molecular weight is 273 g/mol. The molecule has 0 aliphatic heterocycles. The number of carbonyl (C=O) groups is 1. The number of nitrogen functional groups attached to an aromatic ring is 1. The van der Waals surface area contributed by atoms with Crippen LogP contribution in [0.2, 0.25) is 0 Å². The molecule has 0 heterocycles. The quantitative estimate of drug-likeness (QED) is 0.455. The predicted octanol–water partition coefficient (Wildman–Crippen LogP) is -0.488. The lowest BCUT2D eigenvalue weighted by atomic mass is 10.3. The molecule has 0 saturated heterocycles. The Labute approximate surface area is 105 Å². The van der Waals surface area contributed by atoms with Gasteiger partial charge in [0.1, 0.15) is 6.61 Å². The van der Waals surface area contributed by atoms with Crippen LogP contribution in [0.3, 0.4) is 0 Å². The molecule has 0 atom stereocenters. The third kappa shape index (κ3) is 5.51. The molecule has 100 valence electrons. The number of nitrogens with one attached hydrogen (secondary N) is 1. The third-order valence-corrected chi connectivity index (χ3v) is 3.15. The minimum absolute atomic E-state index is 0.158. The lowest BCUT2D eigenvalue weighted by Crippen LogP contribution is -2.24. The fraction of sp³-hybridized carbons (Fsp3) is 0.300. The highest BCUT2D eigenvalue weighted by atomic mass is 32.2. The normalized spacial score (nSPS) is 11.1. The summed E-state index contributed by atoms with van der Waals surface area (Å²) in [4.78, 5) is 10.4. The Bertz CT molecular complexity index is 498. The molecular weight excluding hydrogens is 258 g/mol. The minimum Gasteiger partial charge on any atom is -0.399 e. The highest BCUT2D eigenvalue weighted by molar-refractivity contribution is 7.86. The first-order valence-corrected chi connectivity index (χ1v) is 6.71. The Balaban J connectivity index is 2.37. The molecule has 0 fully saturated rings. The molecule has 5 N–H and O–H groups in total. The van der Waals surface area contributed by atoms with Crippen molar-refractivity contribution in [1.29, 1.82) is 0 Å². The van der Waals surface area contributed by atoms with Crippen LogP contribution in [-0.2, 0) is 19.1 Å². The fourth-order valence-corrected chi connectivity index (χ4v) is 1.89. The van der Waals surface area contributed by atoms with E-state index in [0.717, 1.165) is 5.69 Å². The molecule has 7 nitrogen and oxygen atoms in total. The second-order valence-corrected chi connectivity index (χ2v) is 5.30. The van der Waals surface area contributed by atoms with Gasteiger partial charge in [0.05, 0.1) is 5.75 Å². The van der Waals surface area contributed by atoms with Crippen molar-refractivity contribution in [2.75, 3.05) is 30.0 Å². The molecule has 1 aromatic rings. The van der Waals surface area contributed by atoms with Crippen LogP contribution in [0.25, 0.3) is 0 Å². The summed E-state index contributed by atoms with van der Waals surface area (Å²) >= 11 is 0. The smallest absolute Gasteiger partial charge is 0.269 e. The zero-order valence-corrected chi connectivity index (χ0v) is 10.4. The molecule has 8 heteroatoms. The Hall–Kier alpha value is -1.80. The van der Waals surface area contributed by atoms with Crippen LogP contribution in [0.1, 0.15) is 0 Å². The molecule has 18 heavy (non-hydrogen) atoms. The van der Waals surface area contributed by atoms with E-state index < -0.39 is 22.6 Å². The summed E-state index contributed by atoms with van der Waals surface area (Å²) in [5, 5.41) is 2.88. The fourth-order valence-electron chi connectivity index (χ4n) is 1.13. The molecule has 1 rings (SSSR count). The van der Waals surface area contributed by atoms with Crippen LogP contribution >= 0.6 is 0 Å². The van der Waals surface area contributed by atoms with Gasteiger partial charge in [-0.2, -0.15) is 8.42 Å². The number of rotatable bonds is 7. The van der Waals surface area contributed by atoms with Gasteiger partial charge in [-0.05, 0) is 24.3 Å². The van der Waals surface area contributed by atoms with Crippen molar-refractivity contribution in [2.24, 2.45) is 5.73 Å². The Morgan fingerprint density at radius 3 is 2.44 bits per heavy atom. The van der Waals surface area contributed by atoms with Crippen molar-refractivity contribution in [3.05, 3.63) is 24.3 Å². The zero-order chi connectivity index (χ0) is 13.6. The maximum atomic E-state index is 11.3. The summed E-state index contributed by atoms with van der Waals surface area (Å²) in [6.45, 7) is -0.477. The van der Waals surface area contributed by atoms with Gasteiger partial charge in [-0.25, -0.2) is 0 Å². The Morgan fingerprint density at radius 2 is 1.89 bits per heavy atom. The molecule has 0 spiro atoms. The van der Waals surface area contributed by atoms with Crippen LogP contribution in [0.5, 0.6) is 0 Å². The Kier molecular flexibility index (Phi) is 4.93. The van der Waals surface area contributed by atoms with Crippen LogP contribution in [-0.4, -0.2) is 33.2 Å². The molecule has 1 amide bonds. The van der Waals surface area contributed by atoms with E-state index in [1.165, 1.54) is 0 Å². The summed E-state index contributed by atoms with van der Waals surface area (Å²) in [7, 11) is -3.74. The number of carbonyl (C=O) groups excluding carboxylic acids is 1. The lowest BCUT2D eigenvalue weighted by molar-refractivity contribution is -0.119. The van der Waals surface area contributed by atoms with Gasteiger partial charge in [0.2, 0.25) is 5.91 Å². The first kappa shape index (κ1) is 14.3. The minimum atomic E-state index is -3.74. The third-order valence-electron chi connectivity index (χ3n) is 1.97. The molecule has 0 aromatic heterocycles. The van der Waals surface area contributed by atoms with E-state index in [0.29, 0.717) is 5.69 Å². The van der Waals surface area contributed by atoms with Crippen molar-refractivity contribution in [3.8, 4) is 0 Å². The Morgan fingerprint density at radius 1 is 1.28 bits per heavy atom. The van der Waals surface area contributed by atoms with Gasteiger partial charge in [-0.15, -0.1) is 0 Å². The molecule has 0 unspecified atom stereocenters. The number of amides is 1. The summed E-state index contributed by atoms with van der Waals surface area (Å²) < 4.78 is 27.0. The van der Waals surface area contributed by atoms with E-state index in [1.807, 2.05) is 0 Å². The summed E-state index contributed by atoms with van der Waals surface area (Å²) in [6.07, 6.45) is 0. The highest BCUT2D eigenvalue weighted by Gasteiger charge is 2.12. The van der Waals surface area contributed by atoms with Crippen molar-refractivity contribution < 1.29 is 17.4 Å². The number of hydrogen-bond acceptors (Lipinski definition) is 6. The van der Waals surface area contributed by atoms with Gasteiger partial charge >= 0.3 is 0 Å². The van der Waals surface area contributed by atoms with Gasteiger partial charge < -0.3 is 16.8 Å². The standard InChI is InChI=1S/C10H15N3O4S/c11-8-1-3-9(4-2-8)13-5-6-18(15,16)17-7-10(12)14/h1-4,13H,5-7,11H2,(H2,12,14). The number of anilines is 2. The van der Waals surface area contributed by atoms with Crippen LogP contribution < -0.4 is 16.8 Å². The second-order valence-electron chi connectivity index (χ2n) is 3.54. The first-order valence-electron chi connectivity index (χ1n) is 5.14. The number of benzene rings is 1. The molecule has 0 radical (unpaired) electrons. The van der Waals surface area contributed by atoms with Crippen molar-refractivity contribution in [1.82, 2.24) is 0 Å². The molecule has 0 aliphatic carbocycles. The first-order chi connectivity index (χ1) is 8.39. The lowest BCUT2D eigenvalue weighted by Gasteiger charge is -2.07. The predicted molar refractivity (Wildman–Crippen MR) is 68.3 cm³/mol. The van der Waals surface area contributed by atoms with Crippen molar-refractivity contribution in [2.45, 2.75) is 0 Å². The molecule has 0 bridgehead atoms. The summed E-state index contributed by atoms with van der Waals surface area (Å²) in [6, 6.07) is 6.85. The average Bonchev–Trinajstić information content (AvgIpc) is 2.29. The van der Waals surface area contributed by atoms with Gasteiger partial charge in [-0.3, -0.25) is 8.98 Å². The number of primary amides is 1. The van der Waals surface area contributed by atoms with E-state index >= 15 is 0 Å². The van der Waals surface area contributed by atoms with E-state index in [9.17, 15) is 13.2 Å². The van der Waals surface area contributed by atoms with Crippen molar-refractivity contribution in [3.63, 3.8) is 0 Å². The highest BCUT2D eigenvalue weighted by Crippen LogP contribution is 2.10. The largest absolute Gasteiger partial charge is 0.399 e. The summed E-state index contributed by atoms with van der Waals surface area (Å²) in [5.74, 6) is -1.09. The monoisotopic (exact) mass is 273 g/mol. The molecule has 0 saturated carbocycles.